The van der Waals surface area contributed by atoms with Crippen molar-refractivity contribution >= 4 is 29.0 Å². The summed E-state index contributed by atoms with van der Waals surface area (Å²) < 4.78 is 0. The molecule has 0 atom stereocenters. The Kier molecular flexibility index (Phi) is 4.01. The van der Waals surface area contributed by atoms with Crippen molar-refractivity contribution in [1.82, 2.24) is 20.4 Å². The first-order chi connectivity index (χ1) is 10.2. The highest BCUT2D eigenvalue weighted by Crippen LogP contribution is 2.23. The lowest BCUT2D eigenvalue weighted by Crippen LogP contribution is -2.38. The molecule has 1 saturated heterocycles. The van der Waals surface area contributed by atoms with Gasteiger partial charge in [0.2, 0.25) is 5.91 Å². The van der Waals surface area contributed by atoms with Crippen LogP contribution in [-0.2, 0) is 4.79 Å². The van der Waals surface area contributed by atoms with E-state index in [2.05, 4.69) is 30.6 Å². The van der Waals surface area contributed by atoms with Crippen molar-refractivity contribution in [3.8, 4) is 0 Å². The van der Waals surface area contributed by atoms with Crippen LogP contribution in [-0.4, -0.2) is 39.4 Å². The number of halogens is 1. The molecule has 2 N–H and O–H groups in total. The Morgan fingerprint density at radius 3 is 2.76 bits per heavy atom. The maximum atomic E-state index is 12.1. The van der Waals surface area contributed by atoms with E-state index in [0.29, 0.717) is 10.8 Å². The number of anilines is 2. The Hall–Kier alpha value is -2.15. The van der Waals surface area contributed by atoms with Gasteiger partial charge in [-0.1, -0.05) is 11.6 Å². The van der Waals surface area contributed by atoms with Crippen LogP contribution in [0.5, 0.6) is 0 Å². The summed E-state index contributed by atoms with van der Waals surface area (Å²) in [4.78, 5) is 14.3. The van der Waals surface area contributed by atoms with Crippen LogP contribution in [0.15, 0.2) is 24.5 Å². The number of piperidine rings is 1. The van der Waals surface area contributed by atoms with Gasteiger partial charge in [0.15, 0.2) is 11.0 Å². The second-order valence-electron chi connectivity index (χ2n) is 4.95. The molecule has 0 bridgehead atoms. The number of aromatic amines is 1. The summed E-state index contributed by atoms with van der Waals surface area (Å²) in [5, 5.41) is 17.6. The molecule has 8 heteroatoms. The molecule has 1 fully saturated rings. The third kappa shape index (κ3) is 3.30. The van der Waals surface area contributed by atoms with Gasteiger partial charge >= 0.3 is 0 Å². The first-order valence-corrected chi connectivity index (χ1v) is 7.14. The van der Waals surface area contributed by atoms with Gasteiger partial charge < -0.3 is 10.2 Å². The number of rotatable bonds is 3. The molecule has 1 aliphatic rings. The highest BCUT2D eigenvalue weighted by atomic mass is 35.5. The van der Waals surface area contributed by atoms with Gasteiger partial charge in [0, 0.05) is 25.2 Å². The van der Waals surface area contributed by atoms with Crippen LogP contribution in [0.2, 0.25) is 5.15 Å². The predicted octanol–water partition coefficient (Wildman–Crippen LogP) is 1.71. The fraction of sp³-hybridized carbons (Fsp3) is 0.385. The summed E-state index contributed by atoms with van der Waals surface area (Å²) in [5.74, 6) is 0.850. The minimum absolute atomic E-state index is 0.0106. The van der Waals surface area contributed by atoms with Crippen LogP contribution < -0.4 is 10.2 Å². The first-order valence-electron chi connectivity index (χ1n) is 6.76. The van der Waals surface area contributed by atoms with E-state index in [1.165, 1.54) is 0 Å². The molecular weight excluding hydrogens is 292 g/mol. The van der Waals surface area contributed by atoms with E-state index in [0.717, 1.165) is 31.7 Å². The molecule has 0 aliphatic carbocycles. The summed E-state index contributed by atoms with van der Waals surface area (Å²) in [6, 6.07) is 3.57. The Morgan fingerprint density at radius 2 is 2.14 bits per heavy atom. The minimum Gasteiger partial charge on any atom is -0.355 e. The van der Waals surface area contributed by atoms with Gasteiger partial charge in [0.25, 0.3) is 0 Å². The van der Waals surface area contributed by atoms with Crippen molar-refractivity contribution in [3.63, 3.8) is 0 Å². The van der Waals surface area contributed by atoms with Crippen LogP contribution in [0.3, 0.4) is 0 Å². The molecule has 0 radical (unpaired) electrons. The van der Waals surface area contributed by atoms with E-state index in [-0.39, 0.29) is 11.8 Å². The number of hydrogen-bond acceptors (Lipinski definition) is 5. The number of hydrogen-bond donors (Lipinski definition) is 2. The summed E-state index contributed by atoms with van der Waals surface area (Å²) >= 11 is 5.73. The van der Waals surface area contributed by atoms with Crippen LogP contribution in [0, 0.1) is 5.92 Å². The number of carbonyl (C=O) groups is 1. The van der Waals surface area contributed by atoms with Crippen LogP contribution in [0.4, 0.5) is 11.5 Å². The molecule has 2 aromatic heterocycles. The van der Waals surface area contributed by atoms with Gasteiger partial charge in [-0.15, -0.1) is 10.2 Å². The van der Waals surface area contributed by atoms with E-state index >= 15 is 0 Å². The summed E-state index contributed by atoms with van der Waals surface area (Å²) in [6.07, 6.45) is 4.83. The highest BCUT2D eigenvalue weighted by Gasteiger charge is 2.25. The lowest BCUT2D eigenvalue weighted by Gasteiger charge is -2.31. The highest BCUT2D eigenvalue weighted by molar-refractivity contribution is 6.29. The first kappa shape index (κ1) is 13.8. The quantitative estimate of drug-likeness (QED) is 0.901. The van der Waals surface area contributed by atoms with E-state index in [4.69, 9.17) is 11.6 Å². The van der Waals surface area contributed by atoms with Gasteiger partial charge in [0.1, 0.15) is 0 Å². The molecule has 3 heterocycles. The monoisotopic (exact) mass is 306 g/mol. The molecule has 21 heavy (non-hydrogen) atoms. The van der Waals surface area contributed by atoms with Gasteiger partial charge in [-0.05, 0) is 25.0 Å². The third-order valence-corrected chi connectivity index (χ3v) is 3.78. The summed E-state index contributed by atoms with van der Waals surface area (Å²) in [5.41, 5.74) is 0.700. The topological polar surface area (TPSA) is 86.8 Å². The molecule has 1 amide bonds. The molecule has 0 saturated carbocycles. The van der Waals surface area contributed by atoms with Gasteiger partial charge in [-0.2, -0.15) is 5.10 Å². The molecule has 0 unspecified atom stereocenters. The molecular formula is C13H15ClN6O. The average Bonchev–Trinajstić information content (AvgIpc) is 3.01. The summed E-state index contributed by atoms with van der Waals surface area (Å²) in [6.45, 7) is 1.56. The Labute approximate surface area is 126 Å². The number of aromatic nitrogens is 4. The van der Waals surface area contributed by atoms with Gasteiger partial charge in [0.05, 0.1) is 11.9 Å². The van der Waals surface area contributed by atoms with E-state index < -0.39 is 0 Å². The second kappa shape index (κ2) is 6.09. The van der Waals surface area contributed by atoms with Crippen LogP contribution in [0.1, 0.15) is 12.8 Å². The molecule has 0 spiro atoms. The maximum absolute atomic E-state index is 12.1. The van der Waals surface area contributed by atoms with Crippen molar-refractivity contribution in [1.29, 1.82) is 0 Å². The smallest absolute Gasteiger partial charge is 0.227 e. The van der Waals surface area contributed by atoms with Crippen molar-refractivity contribution in [2.75, 3.05) is 23.3 Å². The zero-order chi connectivity index (χ0) is 14.7. The number of nitrogens with zero attached hydrogens (tertiary/aromatic N) is 4. The summed E-state index contributed by atoms with van der Waals surface area (Å²) in [7, 11) is 0. The van der Waals surface area contributed by atoms with E-state index in [9.17, 15) is 4.79 Å². The molecule has 7 nitrogen and oxygen atoms in total. The zero-order valence-corrected chi connectivity index (χ0v) is 12.0. The Morgan fingerprint density at radius 1 is 1.33 bits per heavy atom. The third-order valence-electron chi connectivity index (χ3n) is 3.57. The largest absolute Gasteiger partial charge is 0.355 e. The minimum atomic E-state index is 0.0106. The lowest BCUT2D eigenvalue weighted by molar-refractivity contribution is -0.120. The van der Waals surface area contributed by atoms with Crippen molar-refractivity contribution in [2.24, 2.45) is 5.92 Å². The fourth-order valence-electron chi connectivity index (χ4n) is 2.41. The number of nitrogens with one attached hydrogen (secondary N) is 2. The van der Waals surface area contributed by atoms with Crippen LogP contribution in [0.25, 0.3) is 0 Å². The average molecular weight is 307 g/mol. The molecule has 0 aromatic carbocycles. The Bertz CT molecular complexity index is 592. The molecule has 110 valence electrons. The standard InChI is InChI=1S/C13H15ClN6O/c14-11-1-2-12(19-18-11)20-5-3-9(4-6-20)13(21)17-10-7-15-16-8-10/h1-2,7-9H,3-6H2,(H,15,16)(H,17,21). The maximum Gasteiger partial charge on any atom is 0.227 e. The van der Waals surface area contributed by atoms with Gasteiger partial charge in [-0.25, -0.2) is 0 Å². The zero-order valence-electron chi connectivity index (χ0n) is 11.3. The van der Waals surface area contributed by atoms with E-state index in [1.54, 1.807) is 18.5 Å². The Balaban J connectivity index is 1.55. The predicted molar refractivity (Wildman–Crippen MR) is 79.2 cm³/mol. The fourth-order valence-corrected chi connectivity index (χ4v) is 2.51. The molecule has 3 rings (SSSR count). The number of H-pyrrole nitrogens is 1. The normalized spacial score (nSPS) is 16.0. The number of amides is 1. The SMILES string of the molecule is O=C(Nc1cn[nH]c1)C1CCN(c2ccc(Cl)nn2)CC1. The van der Waals surface area contributed by atoms with Gasteiger partial charge in [-0.3, -0.25) is 9.89 Å². The van der Waals surface area contributed by atoms with Crippen molar-refractivity contribution < 1.29 is 4.79 Å². The van der Waals surface area contributed by atoms with Crippen molar-refractivity contribution in [2.45, 2.75) is 12.8 Å². The number of carbonyl (C=O) groups excluding carboxylic acids is 1. The van der Waals surface area contributed by atoms with Crippen molar-refractivity contribution in [3.05, 3.63) is 29.7 Å². The molecule has 1 aliphatic heterocycles. The van der Waals surface area contributed by atoms with E-state index in [1.807, 2.05) is 6.07 Å². The van der Waals surface area contributed by atoms with Crippen LogP contribution >= 0.6 is 11.6 Å². The second-order valence-corrected chi connectivity index (χ2v) is 5.34. The molecule has 2 aromatic rings. The lowest BCUT2D eigenvalue weighted by atomic mass is 9.96.